The number of benzene rings is 2. The molecule has 0 bridgehead atoms. The predicted octanol–water partition coefficient (Wildman–Crippen LogP) is 4.87. The molecule has 0 aliphatic rings. The minimum absolute atomic E-state index is 0.543. The predicted molar refractivity (Wildman–Crippen MR) is 87.4 cm³/mol. The molecule has 0 saturated heterocycles. The zero-order valence-electron chi connectivity index (χ0n) is 12.2. The van der Waals surface area contributed by atoms with Gasteiger partial charge in [-0.05, 0) is 19.1 Å². The lowest BCUT2D eigenvalue weighted by molar-refractivity contribution is 0.586. The van der Waals surface area contributed by atoms with E-state index in [-0.39, 0.29) is 0 Å². The summed E-state index contributed by atoms with van der Waals surface area (Å²) in [4.78, 5) is 8.97. The monoisotopic (exact) mass is 286 g/mol. The molecule has 4 aromatic rings. The van der Waals surface area contributed by atoms with Crippen molar-refractivity contribution >= 4 is 10.9 Å². The fraction of sp³-hybridized carbons (Fsp3) is 0.0526. The van der Waals surface area contributed by atoms with Crippen LogP contribution in [0.25, 0.3) is 33.8 Å². The molecule has 4 rings (SSSR count). The maximum absolute atomic E-state index is 5.87. The minimum Gasteiger partial charge on any atom is -0.435 e. The molecule has 22 heavy (non-hydrogen) atoms. The lowest BCUT2D eigenvalue weighted by Crippen LogP contribution is -1.84. The van der Waals surface area contributed by atoms with Crippen LogP contribution in [0, 0.1) is 6.92 Å². The van der Waals surface area contributed by atoms with Gasteiger partial charge >= 0.3 is 0 Å². The quantitative estimate of drug-likeness (QED) is 0.528. The van der Waals surface area contributed by atoms with Gasteiger partial charge in [0.15, 0.2) is 5.76 Å². The zero-order valence-corrected chi connectivity index (χ0v) is 12.2. The summed E-state index contributed by atoms with van der Waals surface area (Å²) in [5, 5.41) is 1.11. The molecule has 2 aromatic heterocycles. The maximum Gasteiger partial charge on any atom is 0.245 e. The van der Waals surface area contributed by atoms with Gasteiger partial charge in [0.05, 0.1) is 11.7 Å². The number of aryl methyl sites for hydroxylation is 1. The third-order valence-corrected chi connectivity index (χ3v) is 3.66. The molecular weight excluding hydrogens is 272 g/mol. The number of fused-ring (bicyclic) bond motifs is 1. The van der Waals surface area contributed by atoms with E-state index in [1.54, 1.807) is 6.20 Å². The van der Waals surface area contributed by atoms with Crippen LogP contribution >= 0.6 is 0 Å². The Morgan fingerprint density at radius 1 is 0.864 bits per heavy atom. The van der Waals surface area contributed by atoms with Crippen LogP contribution in [0.4, 0.5) is 0 Å². The van der Waals surface area contributed by atoms with Gasteiger partial charge in [-0.1, -0.05) is 54.1 Å². The highest BCUT2D eigenvalue weighted by Gasteiger charge is 2.10. The number of pyridine rings is 1. The molecule has 2 aromatic carbocycles. The van der Waals surface area contributed by atoms with Gasteiger partial charge in [-0.15, -0.1) is 0 Å². The Labute approximate surface area is 128 Å². The van der Waals surface area contributed by atoms with E-state index in [0.717, 1.165) is 27.9 Å². The zero-order chi connectivity index (χ0) is 14.9. The number of rotatable bonds is 2. The van der Waals surface area contributed by atoms with Gasteiger partial charge in [-0.25, -0.2) is 9.97 Å². The van der Waals surface area contributed by atoms with Crippen molar-refractivity contribution in [1.29, 1.82) is 0 Å². The highest BCUT2D eigenvalue weighted by Crippen LogP contribution is 2.26. The molecule has 0 radical (unpaired) electrons. The van der Waals surface area contributed by atoms with Crippen LogP contribution < -0.4 is 0 Å². The van der Waals surface area contributed by atoms with Crippen LogP contribution in [0.3, 0.4) is 0 Å². The summed E-state index contributed by atoms with van der Waals surface area (Å²) >= 11 is 0. The van der Waals surface area contributed by atoms with Gasteiger partial charge in [0.1, 0.15) is 5.69 Å². The molecule has 2 heterocycles. The fourth-order valence-electron chi connectivity index (χ4n) is 2.43. The number of oxazole rings is 1. The van der Waals surface area contributed by atoms with Crippen LogP contribution in [-0.2, 0) is 0 Å². The first kappa shape index (κ1) is 12.8. The molecule has 0 atom stereocenters. The Kier molecular flexibility index (Phi) is 2.97. The molecule has 0 N–H and O–H groups in total. The van der Waals surface area contributed by atoms with Crippen LogP contribution in [0.1, 0.15) is 5.56 Å². The van der Waals surface area contributed by atoms with E-state index in [0.29, 0.717) is 5.89 Å². The first-order chi connectivity index (χ1) is 10.8. The van der Waals surface area contributed by atoms with Crippen molar-refractivity contribution in [3.8, 4) is 22.9 Å². The molecule has 0 aliphatic heterocycles. The summed E-state index contributed by atoms with van der Waals surface area (Å²) in [5.74, 6) is 1.30. The number of para-hydroxylation sites is 1. The Balaban J connectivity index is 1.74. The number of hydrogen-bond acceptors (Lipinski definition) is 3. The highest BCUT2D eigenvalue weighted by molar-refractivity contribution is 5.80. The Morgan fingerprint density at radius 3 is 2.55 bits per heavy atom. The standard InChI is InChI=1S/C19H14N2O/c1-13-6-8-15(9-7-13)18-12-20-19(22-18)17-11-10-14-4-2-3-5-16(14)21-17/h2-12H,1H3. The number of hydrogen-bond donors (Lipinski definition) is 0. The van der Waals surface area contributed by atoms with E-state index >= 15 is 0 Å². The summed E-state index contributed by atoms with van der Waals surface area (Å²) in [5.41, 5.74) is 3.93. The molecular formula is C19H14N2O. The van der Waals surface area contributed by atoms with Crippen LogP contribution in [-0.4, -0.2) is 9.97 Å². The van der Waals surface area contributed by atoms with E-state index < -0.39 is 0 Å². The Morgan fingerprint density at radius 2 is 1.68 bits per heavy atom. The molecule has 106 valence electrons. The summed E-state index contributed by atoms with van der Waals surface area (Å²) in [6.07, 6.45) is 1.75. The molecule has 3 nitrogen and oxygen atoms in total. The summed E-state index contributed by atoms with van der Waals surface area (Å²) in [6.45, 7) is 2.06. The van der Waals surface area contributed by atoms with Crippen LogP contribution in [0.15, 0.2) is 71.3 Å². The summed E-state index contributed by atoms with van der Waals surface area (Å²) in [6, 6.07) is 20.2. The largest absolute Gasteiger partial charge is 0.435 e. The van der Waals surface area contributed by atoms with E-state index in [1.165, 1.54) is 5.56 Å². The Bertz CT molecular complexity index is 939. The van der Waals surface area contributed by atoms with E-state index in [1.807, 2.05) is 48.5 Å². The lowest BCUT2D eigenvalue weighted by atomic mass is 10.1. The maximum atomic E-state index is 5.87. The summed E-state index contributed by atoms with van der Waals surface area (Å²) in [7, 11) is 0. The van der Waals surface area contributed by atoms with Gasteiger partial charge in [0.25, 0.3) is 0 Å². The second kappa shape index (κ2) is 5.11. The van der Waals surface area contributed by atoms with E-state index in [2.05, 4.69) is 29.0 Å². The van der Waals surface area contributed by atoms with Crippen molar-refractivity contribution in [3.05, 3.63) is 72.4 Å². The normalized spacial score (nSPS) is 11.0. The minimum atomic E-state index is 0.543. The smallest absolute Gasteiger partial charge is 0.245 e. The fourth-order valence-corrected chi connectivity index (χ4v) is 2.43. The Hall–Kier alpha value is -2.94. The second-order valence-corrected chi connectivity index (χ2v) is 5.28. The van der Waals surface area contributed by atoms with Crippen molar-refractivity contribution in [2.75, 3.05) is 0 Å². The van der Waals surface area contributed by atoms with E-state index in [4.69, 9.17) is 4.42 Å². The van der Waals surface area contributed by atoms with Gasteiger partial charge in [0, 0.05) is 10.9 Å². The van der Waals surface area contributed by atoms with E-state index in [9.17, 15) is 0 Å². The first-order valence-electron chi connectivity index (χ1n) is 7.19. The number of aromatic nitrogens is 2. The van der Waals surface area contributed by atoms with Gasteiger partial charge in [-0.3, -0.25) is 0 Å². The molecule has 0 unspecified atom stereocenters. The first-order valence-corrected chi connectivity index (χ1v) is 7.19. The molecule has 0 aliphatic carbocycles. The summed E-state index contributed by atoms with van der Waals surface area (Å²) < 4.78 is 5.87. The topological polar surface area (TPSA) is 38.9 Å². The van der Waals surface area contributed by atoms with Gasteiger partial charge in [0.2, 0.25) is 5.89 Å². The average Bonchev–Trinajstić information content (AvgIpc) is 3.05. The van der Waals surface area contributed by atoms with Crippen molar-refractivity contribution in [2.24, 2.45) is 0 Å². The molecule has 0 saturated carbocycles. The lowest BCUT2D eigenvalue weighted by Gasteiger charge is -2.00. The molecule has 0 amide bonds. The molecule has 0 fully saturated rings. The van der Waals surface area contributed by atoms with Crippen molar-refractivity contribution in [1.82, 2.24) is 9.97 Å². The average molecular weight is 286 g/mol. The SMILES string of the molecule is Cc1ccc(-c2cnc(-c3ccc4ccccc4n3)o2)cc1. The highest BCUT2D eigenvalue weighted by atomic mass is 16.4. The van der Waals surface area contributed by atoms with Crippen molar-refractivity contribution < 1.29 is 4.42 Å². The van der Waals surface area contributed by atoms with Crippen LogP contribution in [0.5, 0.6) is 0 Å². The van der Waals surface area contributed by atoms with Gasteiger partial charge < -0.3 is 4.42 Å². The second-order valence-electron chi connectivity index (χ2n) is 5.28. The molecule has 3 heteroatoms. The van der Waals surface area contributed by atoms with Crippen molar-refractivity contribution in [2.45, 2.75) is 6.92 Å². The van der Waals surface area contributed by atoms with Gasteiger partial charge in [-0.2, -0.15) is 0 Å². The van der Waals surface area contributed by atoms with Crippen molar-refractivity contribution in [3.63, 3.8) is 0 Å². The third-order valence-electron chi connectivity index (χ3n) is 3.66. The third kappa shape index (κ3) is 2.27. The van der Waals surface area contributed by atoms with Crippen LogP contribution in [0.2, 0.25) is 0 Å². The molecule has 0 spiro atoms. The number of nitrogens with zero attached hydrogens (tertiary/aromatic N) is 2.